The van der Waals surface area contributed by atoms with Gasteiger partial charge in [0.15, 0.2) is 4.96 Å². The van der Waals surface area contributed by atoms with E-state index in [9.17, 15) is 4.79 Å². The second-order valence-electron chi connectivity index (χ2n) is 5.44. The van der Waals surface area contributed by atoms with Crippen molar-refractivity contribution in [2.45, 2.75) is 0 Å². The van der Waals surface area contributed by atoms with Crippen molar-refractivity contribution in [3.8, 4) is 17.0 Å². The summed E-state index contributed by atoms with van der Waals surface area (Å²) in [5.74, 6) is 0.200. The van der Waals surface area contributed by atoms with E-state index in [1.807, 2.05) is 35.7 Å². The standard InChI is InChI=1S/C19H14N4O2S/c1-25-17-15(7-6-13-4-2-8-20-10-13)22-19-23(18(17)24)16(12-26-19)14-5-3-9-21-11-14/h2-12H,1H3. The van der Waals surface area contributed by atoms with Crippen molar-refractivity contribution in [2.24, 2.45) is 0 Å². The van der Waals surface area contributed by atoms with Gasteiger partial charge in [-0.25, -0.2) is 9.38 Å². The Morgan fingerprint density at radius 3 is 2.62 bits per heavy atom. The molecule has 0 atom stereocenters. The van der Waals surface area contributed by atoms with Gasteiger partial charge in [0.1, 0.15) is 5.69 Å². The summed E-state index contributed by atoms with van der Waals surface area (Å²) in [5.41, 5.74) is 2.75. The summed E-state index contributed by atoms with van der Waals surface area (Å²) in [4.78, 5) is 26.4. The van der Waals surface area contributed by atoms with Crippen molar-refractivity contribution < 1.29 is 4.74 Å². The lowest BCUT2D eigenvalue weighted by Crippen LogP contribution is -2.18. The molecule has 26 heavy (non-hydrogen) atoms. The highest BCUT2D eigenvalue weighted by Gasteiger charge is 2.16. The topological polar surface area (TPSA) is 69.4 Å². The molecule has 6 nitrogen and oxygen atoms in total. The van der Waals surface area contributed by atoms with Gasteiger partial charge in [-0.05, 0) is 29.8 Å². The van der Waals surface area contributed by atoms with Gasteiger partial charge < -0.3 is 4.74 Å². The summed E-state index contributed by atoms with van der Waals surface area (Å²) in [6, 6.07) is 7.51. The average molecular weight is 362 g/mol. The minimum atomic E-state index is -0.247. The number of fused-ring (bicyclic) bond motifs is 1. The Labute approximate surface area is 153 Å². The fourth-order valence-corrected chi connectivity index (χ4v) is 3.52. The number of ether oxygens (including phenoxy) is 1. The van der Waals surface area contributed by atoms with Gasteiger partial charge in [0.25, 0.3) is 0 Å². The van der Waals surface area contributed by atoms with Crippen molar-refractivity contribution in [2.75, 3.05) is 7.11 Å². The zero-order valence-corrected chi connectivity index (χ0v) is 14.7. The van der Waals surface area contributed by atoms with E-state index in [1.165, 1.54) is 18.4 Å². The smallest absolute Gasteiger partial charge is 0.302 e. The second kappa shape index (κ2) is 6.89. The van der Waals surface area contributed by atoms with Gasteiger partial charge >= 0.3 is 5.56 Å². The molecular formula is C19H14N4O2S. The Morgan fingerprint density at radius 2 is 1.92 bits per heavy atom. The van der Waals surface area contributed by atoms with E-state index >= 15 is 0 Å². The highest BCUT2D eigenvalue weighted by Crippen LogP contribution is 2.26. The molecule has 128 valence electrons. The summed E-state index contributed by atoms with van der Waals surface area (Å²) >= 11 is 1.40. The molecule has 4 rings (SSSR count). The molecule has 0 spiro atoms. The van der Waals surface area contributed by atoms with Crippen LogP contribution in [0.25, 0.3) is 28.4 Å². The number of nitrogens with zero attached hydrogens (tertiary/aromatic N) is 4. The molecule has 0 saturated heterocycles. The maximum atomic E-state index is 13.0. The Bertz CT molecular complexity index is 1130. The van der Waals surface area contributed by atoms with E-state index in [0.29, 0.717) is 10.7 Å². The zero-order valence-electron chi connectivity index (χ0n) is 13.9. The molecule has 0 N–H and O–H groups in total. The number of rotatable bonds is 4. The summed E-state index contributed by atoms with van der Waals surface area (Å²) in [6.45, 7) is 0. The van der Waals surface area contributed by atoms with Crippen LogP contribution in [0.15, 0.2) is 59.2 Å². The van der Waals surface area contributed by atoms with E-state index in [4.69, 9.17) is 4.74 Å². The number of thiazole rings is 1. The van der Waals surface area contributed by atoms with Gasteiger partial charge in [0.05, 0.1) is 12.8 Å². The van der Waals surface area contributed by atoms with E-state index in [0.717, 1.165) is 16.8 Å². The minimum absolute atomic E-state index is 0.200. The molecule has 4 heterocycles. The predicted octanol–water partition coefficient (Wildman–Crippen LogP) is 3.39. The third-order valence-electron chi connectivity index (χ3n) is 3.83. The molecule has 0 aliphatic heterocycles. The average Bonchev–Trinajstić information content (AvgIpc) is 3.12. The summed E-state index contributed by atoms with van der Waals surface area (Å²) in [5, 5.41) is 1.90. The maximum absolute atomic E-state index is 13.0. The van der Waals surface area contributed by atoms with Gasteiger partial charge in [-0.15, -0.1) is 11.3 Å². The summed E-state index contributed by atoms with van der Waals surface area (Å²) in [6.07, 6.45) is 10.5. The molecular weight excluding hydrogens is 348 g/mol. The van der Waals surface area contributed by atoms with Crippen molar-refractivity contribution in [1.82, 2.24) is 19.4 Å². The third-order valence-corrected chi connectivity index (χ3v) is 4.66. The molecule has 0 unspecified atom stereocenters. The highest BCUT2D eigenvalue weighted by molar-refractivity contribution is 7.15. The van der Waals surface area contributed by atoms with Gasteiger partial charge in [-0.2, -0.15) is 0 Å². The number of pyridine rings is 2. The molecule has 0 bridgehead atoms. The normalized spacial score (nSPS) is 11.3. The van der Waals surface area contributed by atoms with Crippen LogP contribution in [0.2, 0.25) is 0 Å². The maximum Gasteiger partial charge on any atom is 0.302 e. The van der Waals surface area contributed by atoms with Crippen LogP contribution in [-0.2, 0) is 0 Å². The first-order valence-corrected chi connectivity index (χ1v) is 8.72. The van der Waals surface area contributed by atoms with Crippen LogP contribution in [0.1, 0.15) is 11.3 Å². The predicted molar refractivity (Wildman–Crippen MR) is 102 cm³/mol. The molecule has 0 radical (unpaired) electrons. The van der Waals surface area contributed by atoms with E-state index in [1.54, 1.807) is 35.3 Å². The molecule has 0 aliphatic rings. The van der Waals surface area contributed by atoms with Crippen LogP contribution in [0.4, 0.5) is 0 Å². The van der Waals surface area contributed by atoms with Gasteiger partial charge in [0, 0.05) is 35.7 Å². The Hall–Kier alpha value is -3.32. The monoisotopic (exact) mass is 362 g/mol. The molecule has 0 aromatic carbocycles. The van der Waals surface area contributed by atoms with Crippen molar-refractivity contribution >= 4 is 28.4 Å². The summed E-state index contributed by atoms with van der Waals surface area (Å²) < 4.78 is 6.92. The van der Waals surface area contributed by atoms with Gasteiger partial charge in [-0.3, -0.25) is 14.8 Å². The fourth-order valence-electron chi connectivity index (χ4n) is 2.62. The molecule has 4 aromatic rings. The number of aromatic nitrogens is 4. The highest BCUT2D eigenvalue weighted by atomic mass is 32.1. The largest absolute Gasteiger partial charge is 0.490 e. The SMILES string of the molecule is COc1c(C=Cc2cccnc2)nc2scc(-c3cccnc3)n2c1=O. The van der Waals surface area contributed by atoms with E-state index in [-0.39, 0.29) is 11.3 Å². The number of hydrogen-bond donors (Lipinski definition) is 0. The molecule has 0 aliphatic carbocycles. The van der Waals surface area contributed by atoms with Crippen molar-refractivity contribution in [3.05, 3.63) is 76.0 Å². The quantitative estimate of drug-likeness (QED) is 0.557. The third kappa shape index (κ3) is 2.89. The fraction of sp³-hybridized carbons (Fsp3) is 0.0526. The first kappa shape index (κ1) is 16.2. The Kier molecular flexibility index (Phi) is 4.28. The lowest BCUT2D eigenvalue weighted by atomic mass is 10.2. The lowest BCUT2D eigenvalue weighted by molar-refractivity contribution is 0.404. The minimum Gasteiger partial charge on any atom is -0.490 e. The van der Waals surface area contributed by atoms with Crippen LogP contribution in [-0.4, -0.2) is 26.5 Å². The Morgan fingerprint density at radius 1 is 1.12 bits per heavy atom. The molecule has 7 heteroatoms. The Balaban J connectivity index is 1.87. The van der Waals surface area contributed by atoms with E-state index in [2.05, 4.69) is 15.0 Å². The second-order valence-corrected chi connectivity index (χ2v) is 6.27. The lowest BCUT2D eigenvalue weighted by Gasteiger charge is -2.06. The molecule has 4 aromatic heterocycles. The first-order chi connectivity index (χ1) is 12.8. The summed E-state index contributed by atoms with van der Waals surface area (Å²) in [7, 11) is 1.47. The van der Waals surface area contributed by atoms with Crippen LogP contribution in [0, 0.1) is 0 Å². The van der Waals surface area contributed by atoms with Crippen LogP contribution < -0.4 is 10.3 Å². The van der Waals surface area contributed by atoms with Gasteiger partial charge in [-0.1, -0.05) is 12.1 Å². The van der Waals surface area contributed by atoms with Crippen LogP contribution in [0.5, 0.6) is 5.75 Å². The van der Waals surface area contributed by atoms with Crippen LogP contribution in [0.3, 0.4) is 0 Å². The molecule has 0 fully saturated rings. The van der Waals surface area contributed by atoms with Crippen molar-refractivity contribution in [1.29, 1.82) is 0 Å². The van der Waals surface area contributed by atoms with Crippen LogP contribution >= 0.6 is 11.3 Å². The first-order valence-electron chi connectivity index (χ1n) is 7.84. The van der Waals surface area contributed by atoms with E-state index < -0.39 is 0 Å². The number of methoxy groups -OCH3 is 1. The zero-order chi connectivity index (χ0) is 17.9. The molecule has 0 amide bonds. The number of hydrogen-bond acceptors (Lipinski definition) is 6. The van der Waals surface area contributed by atoms with Gasteiger partial charge in [0.2, 0.25) is 5.75 Å². The molecule has 0 saturated carbocycles. The van der Waals surface area contributed by atoms with Crippen molar-refractivity contribution in [3.63, 3.8) is 0 Å².